The van der Waals surface area contributed by atoms with Crippen molar-refractivity contribution in [1.29, 1.82) is 0 Å². The summed E-state index contributed by atoms with van der Waals surface area (Å²) in [5.74, 6) is 0. The van der Waals surface area contributed by atoms with Gasteiger partial charge in [0.15, 0.2) is 0 Å². The average molecular weight is 376 g/mol. The fraction of sp³-hybridized carbons (Fsp3) is 0.0400. The Kier molecular flexibility index (Phi) is 2.83. The summed E-state index contributed by atoms with van der Waals surface area (Å²) in [5, 5.41) is 0. The number of fused-ring (bicyclic) bond motifs is 8. The first-order valence-corrected chi connectivity index (χ1v) is 9.62. The van der Waals surface area contributed by atoms with E-state index in [2.05, 4.69) is 60.7 Å². The monoisotopic (exact) mass is 376 g/mol. The molecular weight excluding hydrogens is 356 g/mol. The van der Waals surface area contributed by atoms with Gasteiger partial charge in [0.2, 0.25) is 0 Å². The third-order valence-corrected chi connectivity index (χ3v) is 6.52. The zero-order chi connectivity index (χ0) is 19.9. The molecule has 1 unspecified atom stereocenters. The van der Waals surface area contributed by atoms with E-state index in [4.69, 9.17) is 22.9 Å². The molecular formula is C25H20N4. The van der Waals surface area contributed by atoms with Gasteiger partial charge in [-0.25, -0.2) is 0 Å². The highest BCUT2D eigenvalue weighted by Gasteiger charge is 2.50. The van der Waals surface area contributed by atoms with Crippen LogP contribution in [-0.2, 0) is 0 Å². The minimum Gasteiger partial charge on any atom is -0.399 e. The van der Waals surface area contributed by atoms with Crippen molar-refractivity contribution in [1.82, 2.24) is 0 Å². The minimum atomic E-state index is -0.670. The highest BCUT2D eigenvalue weighted by atomic mass is 14.8. The molecule has 0 heterocycles. The largest absolute Gasteiger partial charge is 0.399 e. The highest BCUT2D eigenvalue weighted by Crippen LogP contribution is 2.62. The zero-order valence-corrected chi connectivity index (χ0v) is 15.7. The summed E-state index contributed by atoms with van der Waals surface area (Å²) in [5.41, 5.74) is 36.2. The molecule has 0 bridgehead atoms. The Labute approximate surface area is 168 Å². The van der Waals surface area contributed by atoms with E-state index in [-0.39, 0.29) is 0 Å². The molecule has 4 heteroatoms. The standard InChI is InChI=1S/C25H20N4/c26-19-9-3-6-14-12-18-21(20(14)19)22(27)23(28)24(29)25(18)10-4-8-16-15-7-2-1-5-13(15)11-17(16)25/h1-12H,26-29H2. The van der Waals surface area contributed by atoms with E-state index in [1.54, 1.807) is 0 Å². The van der Waals surface area contributed by atoms with Gasteiger partial charge in [-0.3, -0.25) is 0 Å². The van der Waals surface area contributed by atoms with Crippen molar-refractivity contribution in [3.05, 3.63) is 111 Å². The van der Waals surface area contributed by atoms with Crippen LogP contribution in [0.5, 0.6) is 0 Å². The lowest BCUT2D eigenvalue weighted by Gasteiger charge is -2.41. The van der Waals surface area contributed by atoms with Gasteiger partial charge in [-0.1, -0.05) is 54.6 Å². The lowest BCUT2D eigenvalue weighted by Crippen LogP contribution is -2.38. The summed E-state index contributed by atoms with van der Waals surface area (Å²) >= 11 is 0. The maximum absolute atomic E-state index is 6.75. The Morgan fingerprint density at radius 3 is 2.34 bits per heavy atom. The Balaban J connectivity index is 1.68. The number of hydrogen-bond donors (Lipinski definition) is 4. The Bertz CT molecular complexity index is 1330. The van der Waals surface area contributed by atoms with Crippen LogP contribution < -0.4 is 22.9 Å². The molecule has 6 rings (SSSR count). The highest BCUT2D eigenvalue weighted by molar-refractivity contribution is 6.08. The fourth-order valence-electron chi connectivity index (χ4n) is 5.19. The van der Waals surface area contributed by atoms with Crippen LogP contribution in [0.4, 0.5) is 5.69 Å². The van der Waals surface area contributed by atoms with Crippen LogP contribution in [0.25, 0.3) is 23.3 Å². The maximum Gasteiger partial charge on any atom is 0.0815 e. The smallest absolute Gasteiger partial charge is 0.0815 e. The molecule has 0 aliphatic heterocycles. The summed E-state index contributed by atoms with van der Waals surface area (Å²) in [6.45, 7) is 0. The van der Waals surface area contributed by atoms with Crippen LogP contribution in [-0.4, -0.2) is 0 Å². The van der Waals surface area contributed by atoms with Crippen LogP contribution in [0.15, 0.2) is 88.9 Å². The van der Waals surface area contributed by atoms with E-state index in [1.165, 1.54) is 16.7 Å². The van der Waals surface area contributed by atoms with Gasteiger partial charge in [0, 0.05) is 16.8 Å². The van der Waals surface area contributed by atoms with Crippen molar-refractivity contribution in [3.63, 3.8) is 0 Å². The zero-order valence-electron chi connectivity index (χ0n) is 15.7. The topological polar surface area (TPSA) is 104 Å². The van der Waals surface area contributed by atoms with Crippen LogP contribution >= 0.6 is 0 Å². The van der Waals surface area contributed by atoms with E-state index in [9.17, 15) is 0 Å². The molecule has 4 aliphatic carbocycles. The molecule has 8 N–H and O–H groups in total. The van der Waals surface area contributed by atoms with Gasteiger partial charge in [0.05, 0.1) is 22.5 Å². The van der Waals surface area contributed by atoms with Crippen molar-refractivity contribution in [2.24, 2.45) is 22.6 Å². The van der Waals surface area contributed by atoms with Crippen molar-refractivity contribution in [3.8, 4) is 0 Å². The van der Waals surface area contributed by atoms with E-state index < -0.39 is 5.41 Å². The number of hydrogen-bond acceptors (Lipinski definition) is 4. The van der Waals surface area contributed by atoms with Crippen molar-refractivity contribution >= 4 is 29.0 Å². The molecule has 4 aliphatic rings. The SMILES string of the molecule is NC1=C2C(=Cc3cccc(N)c32)C2(C=CC=C3C2=Cc2ccccc23)C(N)=C1N. The quantitative estimate of drug-likeness (QED) is 0.528. The van der Waals surface area contributed by atoms with Gasteiger partial charge in [-0.2, -0.15) is 0 Å². The van der Waals surface area contributed by atoms with Crippen LogP contribution in [0.3, 0.4) is 0 Å². The van der Waals surface area contributed by atoms with Crippen LogP contribution in [0.2, 0.25) is 0 Å². The van der Waals surface area contributed by atoms with E-state index in [0.29, 0.717) is 22.8 Å². The number of allylic oxidation sites excluding steroid dienone is 5. The van der Waals surface area contributed by atoms with E-state index in [0.717, 1.165) is 27.8 Å². The van der Waals surface area contributed by atoms with Crippen molar-refractivity contribution in [2.45, 2.75) is 0 Å². The predicted octanol–water partition coefficient (Wildman–Crippen LogP) is 3.52. The molecule has 1 spiro atoms. The van der Waals surface area contributed by atoms with Crippen LogP contribution in [0, 0.1) is 5.41 Å². The molecule has 140 valence electrons. The lowest BCUT2D eigenvalue weighted by molar-refractivity contribution is 0.669. The van der Waals surface area contributed by atoms with Gasteiger partial charge < -0.3 is 22.9 Å². The predicted molar refractivity (Wildman–Crippen MR) is 119 cm³/mol. The molecule has 2 aromatic carbocycles. The third-order valence-electron chi connectivity index (χ3n) is 6.52. The van der Waals surface area contributed by atoms with E-state index in [1.807, 2.05) is 12.1 Å². The number of benzene rings is 2. The van der Waals surface area contributed by atoms with Crippen molar-refractivity contribution < 1.29 is 0 Å². The Morgan fingerprint density at radius 2 is 1.48 bits per heavy atom. The molecule has 1 atom stereocenters. The number of anilines is 1. The first kappa shape index (κ1) is 16.1. The first-order valence-electron chi connectivity index (χ1n) is 9.62. The average Bonchev–Trinajstić information content (AvgIpc) is 3.31. The first-order chi connectivity index (χ1) is 14.0. The van der Waals surface area contributed by atoms with Crippen LogP contribution in [0.1, 0.15) is 22.3 Å². The minimum absolute atomic E-state index is 0.427. The molecule has 2 aromatic rings. The number of rotatable bonds is 0. The lowest BCUT2D eigenvalue weighted by atomic mass is 9.62. The summed E-state index contributed by atoms with van der Waals surface area (Å²) < 4.78 is 0. The van der Waals surface area contributed by atoms with Gasteiger partial charge in [0.25, 0.3) is 0 Å². The molecule has 0 fully saturated rings. The number of nitrogens with two attached hydrogens (primary N) is 4. The molecule has 4 nitrogen and oxygen atoms in total. The van der Waals surface area contributed by atoms with Crippen molar-refractivity contribution in [2.75, 3.05) is 5.73 Å². The molecule has 0 amide bonds. The second-order valence-corrected chi connectivity index (χ2v) is 7.88. The normalized spacial score (nSPS) is 23.4. The summed E-state index contributed by atoms with van der Waals surface area (Å²) in [7, 11) is 0. The van der Waals surface area contributed by atoms with Gasteiger partial charge in [-0.05, 0) is 51.6 Å². The summed E-state index contributed by atoms with van der Waals surface area (Å²) in [4.78, 5) is 0. The Hall–Kier alpha value is -3.92. The molecule has 0 saturated carbocycles. The van der Waals surface area contributed by atoms with E-state index >= 15 is 0 Å². The maximum atomic E-state index is 6.75. The third kappa shape index (κ3) is 1.74. The second-order valence-electron chi connectivity index (χ2n) is 7.88. The molecule has 0 aromatic heterocycles. The van der Waals surface area contributed by atoms with Gasteiger partial charge in [-0.15, -0.1) is 0 Å². The second kappa shape index (κ2) is 5.11. The van der Waals surface area contributed by atoms with Gasteiger partial charge in [0.1, 0.15) is 0 Å². The number of nitrogen functional groups attached to an aromatic ring is 1. The summed E-state index contributed by atoms with van der Waals surface area (Å²) in [6, 6.07) is 14.3. The fourth-order valence-corrected chi connectivity index (χ4v) is 5.19. The molecule has 0 radical (unpaired) electrons. The Morgan fingerprint density at radius 1 is 0.724 bits per heavy atom. The molecule has 0 saturated heterocycles. The van der Waals surface area contributed by atoms with Gasteiger partial charge >= 0.3 is 0 Å². The molecule has 29 heavy (non-hydrogen) atoms. The summed E-state index contributed by atoms with van der Waals surface area (Å²) in [6.07, 6.45) is 10.7.